The van der Waals surface area contributed by atoms with Gasteiger partial charge in [0, 0.05) is 23.7 Å². The van der Waals surface area contributed by atoms with E-state index in [-0.39, 0.29) is 43.5 Å². The van der Waals surface area contributed by atoms with Crippen molar-refractivity contribution in [2.75, 3.05) is 13.7 Å². The number of thiophene rings is 1. The van der Waals surface area contributed by atoms with Crippen molar-refractivity contribution in [3.63, 3.8) is 0 Å². The Balaban J connectivity index is 1.96. The minimum Gasteiger partial charge on any atom is -0.496 e. The number of halogens is 1. The average Bonchev–Trinajstić information content (AvgIpc) is 3.60. The first kappa shape index (κ1) is 31.6. The molecule has 1 unspecified atom stereocenters. The average molecular weight is 612 g/mol. The Bertz CT molecular complexity index is 1780. The molecule has 0 fully saturated rings. The van der Waals surface area contributed by atoms with Gasteiger partial charge in [-0.25, -0.2) is 9.18 Å². The summed E-state index contributed by atoms with van der Waals surface area (Å²) in [6, 6.07) is 5.83. The Labute approximate surface area is 251 Å². The summed E-state index contributed by atoms with van der Waals surface area (Å²) < 4.78 is 28.4. The van der Waals surface area contributed by atoms with E-state index >= 15 is 0 Å². The molecule has 0 spiro atoms. The second kappa shape index (κ2) is 12.9. The highest BCUT2D eigenvalue weighted by molar-refractivity contribution is 7.21. The molecule has 0 aliphatic carbocycles. The van der Waals surface area contributed by atoms with E-state index in [0.717, 1.165) is 15.9 Å². The van der Waals surface area contributed by atoms with E-state index in [1.807, 2.05) is 19.9 Å². The highest BCUT2D eigenvalue weighted by Crippen LogP contribution is 2.34. The molecule has 14 heteroatoms. The largest absolute Gasteiger partial charge is 0.496 e. The predicted octanol–water partition coefficient (Wildman–Crippen LogP) is 3.48. The van der Waals surface area contributed by atoms with E-state index in [4.69, 9.17) is 14.7 Å². The molecule has 0 radical (unpaired) electrons. The Morgan fingerprint density at radius 3 is 2.53 bits per heavy atom. The number of amides is 1. The van der Waals surface area contributed by atoms with E-state index < -0.39 is 28.6 Å². The summed E-state index contributed by atoms with van der Waals surface area (Å²) in [5.74, 6) is -0.522. The summed E-state index contributed by atoms with van der Waals surface area (Å²) >= 11 is 1.15. The van der Waals surface area contributed by atoms with Gasteiger partial charge in [0.2, 0.25) is 5.91 Å². The first-order valence-electron chi connectivity index (χ1n) is 13.7. The van der Waals surface area contributed by atoms with E-state index in [0.29, 0.717) is 26.7 Å². The standard InChI is InChI=1S/C29H34FN7O5S/c1-17(2)34-27(39)29(4,5)16-36-24(38)23-18(3)25(37-32-11-12-33-37)43-26(23)35(28(36)40)15-22(42-13-7-10-31)20-14-19(30)8-9-21(20)41-6/h8-9,11-12,14,17,22H,7,13,15-16H2,1-6H3,(H,34,39). The summed E-state index contributed by atoms with van der Waals surface area (Å²) in [5.41, 5.74) is -1.47. The van der Waals surface area contributed by atoms with Gasteiger partial charge in [0.05, 0.1) is 55.9 Å². The van der Waals surface area contributed by atoms with Gasteiger partial charge in [0.25, 0.3) is 5.56 Å². The smallest absolute Gasteiger partial charge is 0.332 e. The van der Waals surface area contributed by atoms with Crippen LogP contribution in [0.5, 0.6) is 5.75 Å². The predicted molar refractivity (Wildman–Crippen MR) is 159 cm³/mol. The number of carbonyl (C=O) groups is 1. The molecule has 1 N–H and O–H groups in total. The maximum atomic E-state index is 14.5. The number of nitriles is 1. The van der Waals surface area contributed by atoms with Gasteiger partial charge in [-0.1, -0.05) is 11.3 Å². The van der Waals surface area contributed by atoms with Crippen LogP contribution in [0.2, 0.25) is 0 Å². The summed E-state index contributed by atoms with van der Waals surface area (Å²) in [5, 5.41) is 21.2. The van der Waals surface area contributed by atoms with Crippen molar-refractivity contribution in [3.8, 4) is 16.8 Å². The molecule has 0 bridgehead atoms. The zero-order valence-corrected chi connectivity index (χ0v) is 25.7. The SMILES string of the molecule is COc1ccc(F)cc1C(Cn1c(=O)n(CC(C)(C)C(=O)NC(C)C)c(=O)c2c(C)c(-n3nccn3)sc21)OCCC#N. The lowest BCUT2D eigenvalue weighted by Crippen LogP contribution is -2.48. The van der Waals surface area contributed by atoms with Crippen molar-refractivity contribution >= 4 is 27.5 Å². The summed E-state index contributed by atoms with van der Waals surface area (Å²) in [6.45, 7) is 8.38. The van der Waals surface area contributed by atoms with Gasteiger partial charge in [-0.2, -0.15) is 15.5 Å². The van der Waals surface area contributed by atoms with Crippen LogP contribution in [0.4, 0.5) is 4.39 Å². The van der Waals surface area contributed by atoms with Gasteiger partial charge >= 0.3 is 5.69 Å². The molecular formula is C29H34FN7O5S. The van der Waals surface area contributed by atoms with Crippen molar-refractivity contribution in [2.45, 2.75) is 66.3 Å². The van der Waals surface area contributed by atoms with E-state index in [1.54, 1.807) is 20.8 Å². The number of fused-ring (bicyclic) bond motifs is 1. The van der Waals surface area contributed by atoms with E-state index in [9.17, 15) is 18.8 Å². The minimum atomic E-state index is -1.12. The zero-order chi connectivity index (χ0) is 31.5. The quantitative estimate of drug-likeness (QED) is 0.240. The number of nitrogens with zero attached hydrogens (tertiary/aromatic N) is 6. The normalized spacial score (nSPS) is 12.4. The summed E-state index contributed by atoms with van der Waals surface area (Å²) in [7, 11) is 1.43. The van der Waals surface area contributed by atoms with Crippen molar-refractivity contribution in [1.82, 2.24) is 29.4 Å². The van der Waals surface area contributed by atoms with Crippen LogP contribution >= 0.6 is 11.3 Å². The molecule has 0 aliphatic heterocycles. The van der Waals surface area contributed by atoms with E-state index in [1.165, 1.54) is 47.1 Å². The molecule has 4 aromatic rings. The van der Waals surface area contributed by atoms with Gasteiger partial charge < -0.3 is 14.8 Å². The maximum absolute atomic E-state index is 14.5. The summed E-state index contributed by atoms with van der Waals surface area (Å²) in [4.78, 5) is 42.9. The monoisotopic (exact) mass is 611 g/mol. The number of hydrogen-bond acceptors (Lipinski definition) is 9. The van der Waals surface area contributed by atoms with Crippen LogP contribution in [0.1, 0.15) is 51.3 Å². The van der Waals surface area contributed by atoms with Gasteiger partial charge in [0.1, 0.15) is 27.5 Å². The van der Waals surface area contributed by atoms with Crippen molar-refractivity contribution in [2.24, 2.45) is 5.41 Å². The second-order valence-electron chi connectivity index (χ2n) is 11.0. The number of aryl methyl sites for hydroxylation is 1. The van der Waals surface area contributed by atoms with Gasteiger partial charge in [-0.15, -0.1) is 4.80 Å². The Morgan fingerprint density at radius 1 is 1.21 bits per heavy atom. The number of hydrogen-bond donors (Lipinski definition) is 1. The molecule has 43 heavy (non-hydrogen) atoms. The van der Waals surface area contributed by atoms with Gasteiger partial charge in [-0.3, -0.25) is 18.7 Å². The molecule has 0 saturated heterocycles. The lowest BCUT2D eigenvalue weighted by molar-refractivity contribution is -0.130. The van der Waals surface area contributed by atoms with Crippen LogP contribution in [-0.4, -0.2) is 49.8 Å². The molecule has 3 heterocycles. The van der Waals surface area contributed by atoms with Crippen LogP contribution in [0.3, 0.4) is 0 Å². The zero-order valence-electron chi connectivity index (χ0n) is 24.9. The fourth-order valence-corrected chi connectivity index (χ4v) is 5.95. The molecule has 0 saturated carbocycles. The maximum Gasteiger partial charge on any atom is 0.332 e. The molecule has 228 valence electrons. The molecule has 3 aromatic heterocycles. The number of aromatic nitrogens is 5. The van der Waals surface area contributed by atoms with Crippen LogP contribution in [0.25, 0.3) is 15.2 Å². The van der Waals surface area contributed by atoms with Crippen LogP contribution in [-0.2, 0) is 22.6 Å². The molecule has 1 amide bonds. The number of ether oxygens (including phenoxy) is 2. The number of methoxy groups -OCH3 is 1. The molecule has 12 nitrogen and oxygen atoms in total. The third kappa shape index (κ3) is 6.52. The number of rotatable bonds is 12. The fourth-order valence-electron chi connectivity index (χ4n) is 4.73. The fraction of sp³-hybridized carbons (Fsp3) is 0.448. The number of carbonyl (C=O) groups excluding carboxylic acids is 1. The Morgan fingerprint density at radius 2 is 1.91 bits per heavy atom. The van der Waals surface area contributed by atoms with Crippen molar-refractivity contribution in [1.29, 1.82) is 5.26 Å². The van der Waals surface area contributed by atoms with Crippen molar-refractivity contribution < 1.29 is 18.7 Å². The molecule has 1 atom stereocenters. The topological polar surface area (TPSA) is 146 Å². The third-order valence-corrected chi connectivity index (χ3v) is 8.16. The van der Waals surface area contributed by atoms with Crippen molar-refractivity contribution in [3.05, 3.63) is 68.4 Å². The Kier molecular flexibility index (Phi) is 9.46. The summed E-state index contributed by atoms with van der Waals surface area (Å²) in [6.07, 6.45) is 2.13. The molecule has 1 aromatic carbocycles. The number of benzene rings is 1. The molecular weight excluding hydrogens is 577 g/mol. The van der Waals surface area contributed by atoms with Gasteiger partial charge in [-0.05, 0) is 52.8 Å². The van der Waals surface area contributed by atoms with E-state index in [2.05, 4.69) is 15.5 Å². The molecule has 0 aliphatic rings. The first-order valence-corrected chi connectivity index (χ1v) is 14.5. The third-order valence-electron chi connectivity index (χ3n) is 6.88. The van der Waals surface area contributed by atoms with Crippen LogP contribution in [0.15, 0.2) is 40.2 Å². The Hall–Kier alpha value is -4.35. The van der Waals surface area contributed by atoms with Crippen LogP contribution in [0, 0.1) is 29.5 Å². The lowest BCUT2D eigenvalue weighted by Gasteiger charge is -2.26. The minimum absolute atomic E-state index is 0.00664. The molecule has 4 rings (SSSR count). The number of nitrogens with one attached hydrogen (secondary N) is 1. The highest BCUT2D eigenvalue weighted by atomic mass is 32.1. The highest BCUT2D eigenvalue weighted by Gasteiger charge is 2.32. The second-order valence-corrected chi connectivity index (χ2v) is 12.0. The van der Waals surface area contributed by atoms with Crippen LogP contribution < -0.4 is 21.3 Å². The van der Waals surface area contributed by atoms with Gasteiger partial charge in [0.15, 0.2) is 0 Å². The lowest BCUT2D eigenvalue weighted by atomic mass is 9.91. The first-order chi connectivity index (χ1) is 20.4.